The number of nitrogens with one attached hydrogen (secondary N) is 2. The van der Waals surface area contributed by atoms with Crippen LogP contribution in [0.4, 0.5) is 11.4 Å². The molecular weight excluding hydrogens is 356 g/mol. The lowest BCUT2D eigenvalue weighted by molar-refractivity contribution is -0.384. The quantitative estimate of drug-likeness (QED) is 0.575. The van der Waals surface area contributed by atoms with E-state index in [0.717, 1.165) is 38.8 Å². The van der Waals surface area contributed by atoms with E-state index in [1.807, 2.05) is 0 Å². The van der Waals surface area contributed by atoms with E-state index in [1.54, 1.807) is 12.1 Å². The summed E-state index contributed by atoms with van der Waals surface area (Å²) in [4.78, 5) is 26.0. The van der Waals surface area contributed by atoms with Crippen molar-refractivity contribution in [2.75, 3.05) is 18.4 Å². The topological polar surface area (TPSA) is 87.5 Å². The first-order chi connectivity index (χ1) is 13.6. The largest absolute Gasteiger partial charge is 0.375 e. The summed E-state index contributed by atoms with van der Waals surface area (Å²) in [5.74, 6) is -0.224. The highest BCUT2D eigenvalue weighted by atomic mass is 16.6. The van der Waals surface area contributed by atoms with E-state index in [9.17, 15) is 14.9 Å². The number of benzene rings is 1. The number of nitro benzene ring substituents is 1. The van der Waals surface area contributed by atoms with Crippen molar-refractivity contribution in [2.24, 2.45) is 0 Å². The maximum atomic E-state index is 12.2. The summed E-state index contributed by atoms with van der Waals surface area (Å²) in [5, 5.41) is 17.9. The van der Waals surface area contributed by atoms with Crippen LogP contribution in [0.1, 0.15) is 68.1 Å². The summed E-state index contributed by atoms with van der Waals surface area (Å²) in [6, 6.07) is 5.90. The smallest absolute Gasteiger partial charge is 0.293 e. The molecule has 0 bridgehead atoms. The van der Waals surface area contributed by atoms with Crippen LogP contribution in [0.25, 0.3) is 0 Å². The van der Waals surface area contributed by atoms with Gasteiger partial charge in [0.05, 0.1) is 4.92 Å². The molecule has 28 heavy (non-hydrogen) atoms. The molecule has 0 aromatic heterocycles. The molecule has 4 rings (SSSR count). The molecule has 152 valence electrons. The maximum absolute atomic E-state index is 12.2. The summed E-state index contributed by atoms with van der Waals surface area (Å²) in [6.45, 7) is 2.07. The van der Waals surface area contributed by atoms with Crippen LogP contribution in [0.5, 0.6) is 0 Å². The van der Waals surface area contributed by atoms with Crippen LogP contribution < -0.4 is 10.6 Å². The van der Waals surface area contributed by atoms with E-state index >= 15 is 0 Å². The normalized spacial score (nSPS) is 23.9. The molecule has 1 unspecified atom stereocenters. The number of amides is 1. The van der Waals surface area contributed by atoms with Crippen molar-refractivity contribution in [3.8, 4) is 0 Å². The van der Waals surface area contributed by atoms with Gasteiger partial charge >= 0.3 is 0 Å². The van der Waals surface area contributed by atoms with Crippen molar-refractivity contribution in [1.82, 2.24) is 10.2 Å². The number of rotatable bonds is 6. The van der Waals surface area contributed by atoms with E-state index in [1.165, 1.54) is 38.2 Å². The van der Waals surface area contributed by atoms with Gasteiger partial charge in [-0.2, -0.15) is 0 Å². The number of hydrogen-bond donors (Lipinski definition) is 2. The lowest BCUT2D eigenvalue weighted by Crippen LogP contribution is -2.47. The fraction of sp³-hybridized carbons (Fsp3) is 0.667. The van der Waals surface area contributed by atoms with Gasteiger partial charge in [0, 0.05) is 36.3 Å². The highest BCUT2D eigenvalue weighted by molar-refractivity contribution is 5.96. The summed E-state index contributed by atoms with van der Waals surface area (Å²) >= 11 is 0. The molecule has 1 aromatic rings. The third-order valence-corrected chi connectivity index (χ3v) is 6.27. The van der Waals surface area contributed by atoms with Gasteiger partial charge in [-0.15, -0.1) is 0 Å². The van der Waals surface area contributed by atoms with Crippen LogP contribution in [-0.4, -0.2) is 46.9 Å². The van der Waals surface area contributed by atoms with Gasteiger partial charge in [-0.3, -0.25) is 19.8 Å². The summed E-state index contributed by atoms with van der Waals surface area (Å²) in [6.07, 6.45) is 10.6. The van der Waals surface area contributed by atoms with Gasteiger partial charge in [0.2, 0.25) is 0 Å². The van der Waals surface area contributed by atoms with Crippen LogP contribution in [0.15, 0.2) is 18.2 Å². The molecule has 3 fully saturated rings. The third kappa shape index (κ3) is 4.63. The van der Waals surface area contributed by atoms with Crippen LogP contribution in [0.3, 0.4) is 0 Å². The molecule has 7 nitrogen and oxygen atoms in total. The molecule has 1 amide bonds. The zero-order valence-electron chi connectivity index (χ0n) is 16.4. The highest BCUT2D eigenvalue weighted by Crippen LogP contribution is 2.30. The number of anilines is 1. The van der Waals surface area contributed by atoms with E-state index in [0.29, 0.717) is 17.3 Å². The van der Waals surface area contributed by atoms with Gasteiger partial charge in [0.25, 0.3) is 11.6 Å². The Kier molecular flexibility index (Phi) is 5.80. The Bertz CT molecular complexity index is 728. The highest BCUT2D eigenvalue weighted by Gasteiger charge is 2.29. The van der Waals surface area contributed by atoms with Gasteiger partial charge in [-0.25, -0.2) is 0 Å². The second-order valence-electron chi connectivity index (χ2n) is 8.51. The predicted molar refractivity (Wildman–Crippen MR) is 109 cm³/mol. The zero-order valence-corrected chi connectivity index (χ0v) is 16.4. The molecule has 0 radical (unpaired) electrons. The Hall–Kier alpha value is -2.15. The maximum Gasteiger partial charge on any atom is 0.293 e. The van der Waals surface area contributed by atoms with Crippen LogP contribution in [0, 0.1) is 10.1 Å². The Labute approximate surface area is 166 Å². The van der Waals surface area contributed by atoms with Gasteiger partial charge in [-0.05, 0) is 57.2 Å². The zero-order chi connectivity index (χ0) is 19.5. The lowest BCUT2D eigenvalue weighted by atomic mass is 9.92. The minimum Gasteiger partial charge on any atom is -0.375 e. The number of likely N-dealkylation sites (tertiary alicyclic amines) is 1. The van der Waals surface area contributed by atoms with Gasteiger partial charge in [0.1, 0.15) is 5.69 Å². The molecule has 1 aromatic carbocycles. The summed E-state index contributed by atoms with van der Waals surface area (Å²) in [5.41, 5.74) is 0.860. The molecule has 1 saturated heterocycles. The van der Waals surface area contributed by atoms with Crippen molar-refractivity contribution in [3.05, 3.63) is 33.9 Å². The molecule has 2 saturated carbocycles. The molecule has 1 aliphatic heterocycles. The Morgan fingerprint density at radius 2 is 1.82 bits per heavy atom. The van der Waals surface area contributed by atoms with Crippen LogP contribution in [0.2, 0.25) is 0 Å². The molecular formula is C21H30N4O3. The number of piperidine rings is 1. The molecule has 1 atom stereocenters. The van der Waals surface area contributed by atoms with Crippen LogP contribution in [-0.2, 0) is 0 Å². The second-order valence-corrected chi connectivity index (χ2v) is 8.51. The second kappa shape index (κ2) is 8.47. The predicted octanol–water partition coefficient (Wildman–Crippen LogP) is 3.70. The molecule has 0 spiro atoms. The van der Waals surface area contributed by atoms with Gasteiger partial charge in [0.15, 0.2) is 0 Å². The standard InChI is InChI=1S/C21H30N4O3/c26-21(23-16-9-10-16)15-8-11-19(20(13-15)25(27)28)22-17-5-4-12-24(14-17)18-6-2-1-3-7-18/h8,11,13,16-18,22H,1-7,9-10,12,14H2,(H,23,26). The number of nitro groups is 1. The van der Waals surface area contributed by atoms with Crippen molar-refractivity contribution < 1.29 is 9.72 Å². The third-order valence-electron chi connectivity index (χ3n) is 6.27. The average Bonchev–Trinajstić information content (AvgIpc) is 3.53. The summed E-state index contributed by atoms with van der Waals surface area (Å²) in [7, 11) is 0. The summed E-state index contributed by atoms with van der Waals surface area (Å²) < 4.78 is 0. The molecule has 1 heterocycles. The van der Waals surface area contributed by atoms with Crippen molar-refractivity contribution >= 4 is 17.3 Å². The van der Waals surface area contributed by atoms with Gasteiger partial charge < -0.3 is 10.6 Å². The lowest BCUT2D eigenvalue weighted by Gasteiger charge is -2.40. The molecule has 2 aliphatic carbocycles. The van der Waals surface area contributed by atoms with E-state index in [2.05, 4.69) is 15.5 Å². The Balaban J connectivity index is 1.43. The number of carbonyl (C=O) groups excluding carboxylic acids is 1. The molecule has 7 heteroatoms. The number of carbonyl (C=O) groups is 1. The fourth-order valence-electron chi connectivity index (χ4n) is 4.56. The number of hydrogen-bond acceptors (Lipinski definition) is 5. The Morgan fingerprint density at radius 3 is 2.54 bits per heavy atom. The first-order valence-corrected chi connectivity index (χ1v) is 10.7. The Morgan fingerprint density at radius 1 is 1.04 bits per heavy atom. The minimum absolute atomic E-state index is 0.0155. The number of nitrogens with zero attached hydrogens (tertiary/aromatic N) is 2. The first kappa shape index (κ1) is 19.2. The SMILES string of the molecule is O=C(NC1CC1)c1ccc(NC2CCCN(C3CCCCC3)C2)c([N+](=O)[O-])c1. The molecule has 3 aliphatic rings. The van der Waals surface area contributed by atoms with Gasteiger partial charge in [-0.1, -0.05) is 19.3 Å². The van der Waals surface area contributed by atoms with E-state index in [-0.39, 0.29) is 23.7 Å². The molecule has 2 N–H and O–H groups in total. The van der Waals surface area contributed by atoms with Crippen molar-refractivity contribution in [1.29, 1.82) is 0 Å². The monoisotopic (exact) mass is 386 g/mol. The minimum atomic E-state index is -0.391. The first-order valence-electron chi connectivity index (χ1n) is 10.7. The van der Waals surface area contributed by atoms with Crippen molar-refractivity contribution in [3.63, 3.8) is 0 Å². The van der Waals surface area contributed by atoms with Crippen molar-refractivity contribution in [2.45, 2.75) is 75.9 Å². The fourth-order valence-corrected chi connectivity index (χ4v) is 4.56. The average molecular weight is 386 g/mol. The van der Waals surface area contributed by atoms with E-state index < -0.39 is 4.92 Å². The van der Waals surface area contributed by atoms with Crippen LogP contribution >= 0.6 is 0 Å². The van der Waals surface area contributed by atoms with E-state index in [4.69, 9.17) is 0 Å².